The number of thioether (sulfide) groups is 1. The van der Waals surface area contributed by atoms with E-state index in [9.17, 15) is 13.2 Å². The molecular formula is C14H18F3N3OS. The molecule has 1 saturated heterocycles. The first-order valence-corrected chi connectivity index (χ1v) is 8.05. The van der Waals surface area contributed by atoms with Crippen LogP contribution in [0.15, 0.2) is 29.3 Å². The van der Waals surface area contributed by atoms with Gasteiger partial charge in [0.1, 0.15) is 12.4 Å². The van der Waals surface area contributed by atoms with Crippen LogP contribution in [0.2, 0.25) is 0 Å². The van der Waals surface area contributed by atoms with E-state index in [0.717, 1.165) is 30.7 Å². The van der Waals surface area contributed by atoms with Crippen LogP contribution in [0.1, 0.15) is 5.56 Å². The van der Waals surface area contributed by atoms with Crippen LogP contribution in [-0.2, 0) is 6.18 Å². The Morgan fingerprint density at radius 1 is 1.27 bits per heavy atom. The van der Waals surface area contributed by atoms with Gasteiger partial charge in [0, 0.05) is 24.6 Å². The van der Waals surface area contributed by atoms with Crippen LogP contribution >= 0.6 is 11.8 Å². The zero-order chi connectivity index (χ0) is 16.0. The summed E-state index contributed by atoms with van der Waals surface area (Å²) in [5, 5.41) is 0. The molecule has 4 nitrogen and oxygen atoms in total. The molecular weight excluding hydrogens is 315 g/mol. The van der Waals surface area contributed by atoms with Crippen molar-refractivity contribution in [2.24, 2.45) is 10.7 Å². The minimum atomic E-state index is -4.43. The predicted molar refractivity (Wildman–Crippen MR) is 82.3 cm³/mol. The molecule has 0 bridgehead atoms. The number of rotatable bonds is 4. The first kappa shape index (κ1) is 16.8. The molecule has 0 unspecified atom stereocenters. The molecule has 1 aliphatic heterocycles. The van der Waals surface area contributed by atoms with Crippen molar-refractivity contribution in [3.63, 3.8) is 0 Å². The van der Waals surface area contributed by atoms with E-state index in [1.54, 1.807) is 0 Å². The van der Waals surface area contributed by atoms with Crippen molar-refractivity contribution in [2.75, 3.05) is 37.7 Å². The van der Waals surface area contributed by atoms with Crippen LogP contribution in [0.5, 0.6) is 5.75 Å². The van der Waals surface area contributed by atoms with Crippen molar-refractivity contribution in [2.45, 2.75) is 6.18 Å². The molecule has 1 aromatic rings. The highest BCUT2D eigenvalue weighted by atomic mass is 32.2. The Hall–Kier alpha value is -1.57. The molecule has 8 heteroatoms. The van der Waals surface area contributed by atoms with Gasteiger partial charge in [-0.2, -0.15) is 24.9 Å². The normalized spacial score (nSPS) is 16.7. The van der Waals surface area contributed by atoms with Gasteiger partial charge >= 0.3 is 6.18 Å². The van der Waals surface area contributed by atoms with Crippen molar-refractivity contribution in [1.29, 1.82) is 0 Å². The fraction of sp³-hybridized carbons (Fsp3) is 0.500. The minimum Gasteiger partial charge on any atom is -0.491 e. The highest BCUT2D eigenvalue weighted by Crippen LogP contribution is 2.35. The van der Waals surface area contributed by atoms with E-state index in [1.165, 1.54) is 18.2 Å². The second-order valence-corrected chi connectivity index (χ2v) is 5.91. The lowest BCUT2D eigenvalue weighted by Crippen LogP contribution is -2.42. The van der Waals surface area contributed by atoms with E-state index < -0.39 is 11.7 Å². The standard InChI is InChI=1S/C14H18F3N3OS/c15-14(16,17)11-3-1-2-4-12(11)21-8-5-19-13(18)20-6-9-22-10-7-20/h1-4H,5-10H2,(H2,18,19). The van der Waals surface area contributed by atoms with Crippen molar-refractivity contribution in [1.82, 2.24) is 4.90 Å². The molecule has 0 aromatic heterocycles. The largest absolute Gasteiger partial charge is 0.491 e. The Balaban J connectivity index is 1.86. The molecule has 1 aliphatic rings. The Bertz CT molecular complexity index is 516. The van der Waals surface area contributed by atoms with Crippen LogP contribution in [0.3, 0.4) is 0 Å². The summed E-state index contributed by atoms with van der Waals surface area (Å²) >= 11 is 1.86. The monoisotopic (exact) mass is 333 g/mol. The molecule has 0 spiro atoms. The van der Waals surface area contributed by atoms with Gasteiger partial charge in [-0.1, -0.05) is 12.1 Å². The van der Waals surface area contributed by atoms with Crippen LogP contribution in [0.4, 0.5) is 13.2 Å². The van der Waals surface area contributed by atoms with Gasteiger partial charge in [-0.3, -0.25) is 0 Å². The highest BCUT2D eigenvalue weighted by molar-refractivity contribution is 7.99. The van der Waals surface area contributed by atoms with E-state index in [-0.39, 0.29) is 18.9 Å². The SMILES string of the molecule is NC(=NCCOc1ccccc1C(F)(F)F)N1CCSCC1. The van der Waals surface area contributed by atoms with Gasteiger partial charge in [0.2, 0.25) is 0 Å². The molecule has 2 rings (SSSR count). The average Bonchev–Trinajstić information content (AvgIpc) is 2.51. The smallest absolute Gasteiger partial charge is 0.419 e. The molecule has 22 heavy (non-hydrogen) atoms. The van der Waals surface area contributed by atoms with E-state index in [4.69, 9.17) is 10.5 Å². The summed E-state index contributed by atoms with van der Waals surface area (Å²) in [5.74, 6) is 2.25. The third kappa shape index (κ3) is 4.72. The van der Waals surface area contributed by atoms with Crippen LogP contribution in [0, 0.1) is 0 Å². The second-order valence-electron chi connectivity index (χ2n) is 4.68. The number of alkyl halides is 3. The average molecular weight is 333 g/mol. The summed E-state index contributed by atoms with van der Waals surface area (Å²) < 4.78 is 43.6. The summed E-state index contributed by atoms with van der Waals surface area (Å²) in [6, 6.07) is 5.14. The van der Waals surface area contributed by atoms with Gasteiger partial charge in [0.15, 0.2) is 5.96 Å². The molecule has 1 fully saturated rings. The van der Waals surface area contributed by atoms with Gasteiger partial charge in [0.25, 0.3) is 0 Å². The van der Waals surface area contributed by atoms with E-state index in [1.807, 2.05) is 16.7 Å². The Morgan fingerprint density at radius 2 is 1.95 bits per heavy atom. The number of benzene rings is 1. The number of halogens is 3. The van der Waals surface area contributed by atoms with Crippen molar-refractivity contribution < 1.29 is 17.9 Å². The fourth-order valence-electron chi connectivity index (χ4n) is 2.03. The zero-order valence-corrected chi connectivity index (χ0v) is 12.8. The molecule has 1 aromatic carbocycles. The third-order valence-electron chi connectivity index (χ3n) is 3.15. The van der Waals surface area contributed by atoms with Crippen molar-refractivity contribution >= 4 is 17.7 Å². The summed E-state index contributed by atoms with van der Waals surface area (Å²) in [6.45, 7) is 1.97. The molecule has 1 heterocycles. The van der Waals surface area contributed by atoms with Gasteiger partial charge in [0.05, 0.1) is 12.1 Å². The Labute approximate surface area is 131 Å². The van der Waals surface area contributed by atoms with Crippen molar-refractivity contribution in [3.05, 3.63) is 29.8 Å². The number of aliphatic imine (C=N–C) groups is 1. The molecule has 0 atom stereocenters. The zero-order valence-electron chi connectivity index (χ0n) is 12.0. The topological polar surface area (TPSA) is 50.9 Å². The van der Waals surface area contributed by atoms with E-state index >= 15 is 0 Å². The van der Waals surface area contributed by atoms with Gasteiger partial charge in [-0.05, 0) is 12.1 Å². The van der Waals surface area contributed by atoms with Crippen LogP contribution < -0.4 is 10.5 Å². The molecule has 122 valence electrons. The second kappa shape index (κ2) is 7.62. The first-order chi connectivity index (χ1) is 10.5. The maximum atomic E-state index is 12.8. The minimum absolute atomic E-state index is 0.0520. The fourth-order valence-corrected chi connectivity index (χ4v) is 2.94. The van der Waals surface area contributed by atoms with E-state index in [2.05, 4.69) is 4.99 Å². The number of nitrogens with zero attached hydrogens (tertiary/aromatic N) is 2. The van der Waals surface area contributed by atoms with Crippen LogP contribution in [0.25, 0.3) is 0 Å². The maximum absolute atomic E-state index is 12.8. The first-order valence-electron chi connectivity index (χ1n) is 6.90. The number of hydrogen-bond donors (Lipinski definition) is 1. The summed E-state index contributed by atoms with van der Waals surface area (Å²) in [4.78, 5) is 6.13. The Kier molecular flexibility index (Phi) is 5.82. The Morgan fingerprint density at radius 3 is 2.64 bits per heavy atom. The maximum Gasteiger partial charge on any atom is 0.419 e. The predicted octanol–water partition coefficient (Wildman–Crippen LogP) is 2.45. The molecule has 0 saturated carbocycles. The number of hydrogen-bond acceptors (Lipinski definition) is 3. The van der Waals surface area contributed by atoms with Gasteiger partial charge in [-0.15, -0.1) is 0 Å². The highest BCUT2D eigenvalue weighted by Gasteiger charge is 2.33. The number of para-hydroxylation sites is 1. The van der Waals surface area contributed by atoms with Gasteiger partial charge < -0.3 is 15.4 Å². The molecule has 0 aliphatic carbocycles. The van der Waals surface area contributed by atoms with Crippen LogP contribution in [-0.4, -0.2) is 48.6 Å². The summed E-state index contributed by atoms with van der Waals surface area (Å²) in [5.41, 5.74) is 5.08. The molecule has 0 amide bonds. The van der Waals surface area contributed by atoms with E-state index in [0.29, 0.717) is 5.96 Å². The quantitative estimate of drug-likeness (QED) is 0.522. The number of ether oxygens (including phenoxy) is 1. The number of guanidine groups is 1. The lowest BCUT2D eigenvalue weighted by atomic mass is 10.2. The third-order valence-corrected chi connectivity index (χ3v) is 4.09. The molecule has 0 radical (unpaired) electrons. The molecule has 2 N–H and O–H groups in total. The summed E-state index contributed by atoms with van der Waals surface area (Å²) in [7, 11) is 0. The lowest BCUT2D eigenvalue weighted by Gasteiger charge is -2.27. The summed E-state index contributed by atoms with van der Waals surface area (Å²) in [6.07, 6.45) is -4.43. The van der Waals surface area contributed by atoms with Gasteiger partial charge in [-0.25, -0.2) is 4.99 Å². The lowest BCUT2D eigenvalue weighted by molar-refractivity contribution is -0.138. The van der Waals surface area contributed by atoms with Crippen molar-refractivity contribution in [3.8, 4) is 5.75 Å². The number of nitrogens with two attached hydrogens (primary N) is 1.